The molecule has 2 heterocycles. The molecular formula is C14H12N4O2. The number of rotatable bonds is 2. The SMILES string of the molecule is CONC1=c2c(nc(=O)c3n2CCN=3)-c2ccccc21. The van der Waals surface area contributed by atoms with Crippen molar-refractivity contribution in [3.63, 3.8) is 0 Å². The molecule has 1 aromatic heterocycles. The Balaban J connectivity index is 2.21. The predicted molar refractivity (Wildman–Crippen MR) is 72.2 cm³/mol. The lowest BCUT2D eigenvalue weighted by Crippen LogP contribution is -2.44. The lowest BCUT2D eigenvalue weighted by Gasteiger charge is -2.07. The molecule has 0 bridgehead atoms. The molecule has 0 spiro atoms. The Hall–Kier alpha value is -2.47. The van der Waals surface area contributed by atoms with Crippen molar-refractivity contribution in [1.29, 1.82) is 0 Å². The molecule has 1 N–H and O–H groups in total. The predicted octanol–water partition coefficient (Wildman–Crippen LogP) is -0.836. The second-order valence-corrected chi connectivity index (χ2v) is 4.70. The summed E-state index contributed by atoms with van der Waals surface area (Å²) in [4.78, 5) is 25.6. The van der Waals surface area contributed by atoms with Crippen LogP contribution in [-0.4, -0.2) is 23.2 Å². The van der Waals surface area contributed by atoms with Crippen molar-refractivity contribution < 1.29 is 4.84 Å². The van der Waals surface area contributed by atoms with Gasteiger partial charge < -0.3 is 4.57 Å². The maximum absolute atomic E-state index is 12.1. The van der Waals surface area contributed by atoms with E-state index in [-0.39, 0.29) is 5.56 Å². The first-order chi connectivity index (χ1) is 9.81. The Bertz CT molecular complexity index is 898. The maximum Gasteiger partial charge on any atom is 0.313 e. The summed E-state index contributed by atoms with van der Waals surface area (Å²) in [6, 6.07) is 7.84. The van der Waals surface area contributed by atoms with E-state index in [0.29, 0.717) is 24.3 Å². The summed E-state index contributed by atoms with van der Waals surface area (Å²) in [6.45, 7) is 1.31. The van der Waals surface area contributed by atoms with Crippen molar-refractivity contribution >= 4 is 5.70 Å². The first-order valence-corrected chi connectivity index (χ1v) is 6.39. The van der Waals surface area contributed by atoms with Gasteiger partial charge in [0.2, 0.25) is 0 Å². The van der Waals surface area contributed by atoms with Crippen molar-refractivity contribution in [2.24, 2.45) is 4.99 Å². The van der Waals surface area contributed by atoms with Crippen LogP contribution in [0.3, 0.4) is 0 Å². The first-order valence-electron chi connectivity index (χ1n) is 6.39. The maximum atomic E-state index is 12.1. The van der Waals surface area contributed by atoms with Crippen LogP contribution >= 0.6 is 0 Å². The molecule has 0 unspecified atom stereocenters. The highest BCUT2D eigenvalue weighted by Crippen LogP contribution is 2.27. The van der Waals surface area contributed by atoms with E-state index in [1.54, 1.807) is 7.11 Å². The van der Waals surface area contributed by atoms with Gasteiger partial charge in [-0.3, -0.25) is 20.1 Å². The van der Waals surface area contributed by atoms with Crippen LogP contribution < -0.4 is 21.9 Å². The molecule has 0 fully saturated rings. The van der Waals surface area contributed by atoms with Crippen molar-refractivity contribution in [1.82, 2.24) is 15.0 Å². The molecule has 0 atom stereocenters. The van der Waals surface area contributed by atoms with E-state index < -0.39 is 0 Å². The Morgan fingerprint density at radius 1 is 1.30 bits per heavy atom. The van der Waals surface area contributed by atoms with E-state index in [2.05, 4.69) is 15.5 Å². The van der Waals surface area contributed by atoms with Crippen LogP contribution in [-0.2, 0) is 11.4 Å². The Morgan fingerprint density at radius 2 is 2.10 bits per heavy atom. The van der Waals surface area contributed by atoms with Crippen molar-refractivity contribution in [3.8, 4) is 11.3 Å². The van der Waals surface area contributed by atoms with Gasteiger partial charge in [-0.05, 0) is 0 Å². The third-order valence-electron chi connectivity index (χ3n) is 3.63. The van der Waals surface area contributed by atoms with Gasteiger partial charge in [0, 0.05) is 17.7 Å². The molecule has 0 saturated heterocycles. The van der Waals surface area contributed by atoms with Crippen LogP contribution in [0.4, 0.5) is 0 Å². The van der Waals surface area contributed by atoms with Gasteiger partial charge in [0.15, 0.2) is 5.49 Å². The molecule has 0 saturated carbocycles. The largest absolute Gasteiger partial charge is 0.316 e. The lowest BCUT2D eigenvalue weighted by molar-refractivity contribution is 0.136. The highest BCUT2D eigenvalue weighted by Gasteiger charge is 2.25. The third kappa shape index (κ3) is 1.34. The van der Waals surface area contributed by atoms with E-state index in [1.807, 2.05) is 28.8 Å². The number of benzene rings is 1. The Morgan fingerprint density at radius 3 is 2.90 bits per heavy atom. The van der Waals surface area contributed by atoms with Gasteiger partial charge in [0.25, 0.3) is 0 Å². The van der Waals surface area contributed by atoms with Crippen LogP contribution in [0.2, 0.25) is 0 Å². The molecule has 20 heavy (non-hydrogen) atoms. The number of aromatic nitrogens is 2. The molecule has 2 aliphatic rings. The van der Waals surface area contributed by atoms with E-state index >= 15 is 0 Å². The summed E-state index contributed by atoms with van der Waals surface area (Å²) in [5, 5.41) is 0.879. The van der Waals surface area contributed by atoms with Crippen molar-refractivity contribution in [2.45, 2.75) is 6.54 Å². The highest BCUT2D eigenvalue weighted by molar-refractivity contribution is 5.85. The monoisotopic (exact) mass is 268 g/mol. The van der Waals surface area contributed by atoms with E-state index in [1.165, 1.54) is 0 Å². The number of hydrogen-bond donors (Lipinski definition) is 1. The summed E-state index contributed by atoms with van der Waals surface area (Å²) in [6.07, 6.45) is 0. The van der Waals surface area contributed by atoms with Gasteiger partial charge in [-0.25, -0.2) is 4.98 Å². The quantitative estimate of drug-likeness (QED) is 0.721. The average molecular weight is 268 g/mol. The average Bonchev–Trinajstić information content (AvgIpc) is 3.04. The zero-order valence-electron chi connectivity index (χ0n) is 10.9. The fraction of sp³-hybridized carbons (Fsp3) is 0.214. The first kappa shape index (κ1) is 11.4. The van der Waals surface area contributed by atoms with Crippen LogP contribution in [0.25, 0.3) is 17.0 Å². The fourth-order valence-electron chi connectivity index (χ4n) is 2.86. The van der Waals surface area contributed by atoms with Gasteiger partial charge in [-0.15, -0.1) is 0 Å². The van der Waals surface area contributed by atoms with Gasteiger partial charge in [0.05, 0.1) is 24.7 Å². The number of fused-ring (bicyclic) bond motifs is 5. The molecule has 6 nitrogen and oxygen atoms in total. The standard InChI is InChI=1S/C14H12N4O2/c1-20-17-11-9-5-3-2-4-8(9)10-12(11)18-7-6-15-13(18)14(19)16-10/h2-5,17H,6-7H2,1H3. The summed E-state index contributed by atoms with van der Waals surface area (Å²) in [5.41, 5.74) is 6.55. The molecular weight excluding hydrogens is 256 g/mol. The molecule has 1 aliphatic carbocycles. The number of hydrogen-bond acceptors (Lipinski definition) is 5. The summed E-state index contributed by atoms with van der Waals surface area (Å²) < 4.78 is 1.92. The van der Waals surface area contributed by atoms with Gasteiger partial charge in [-0.1, -0.05) is 24.3 Å². The van der Waals surface area contributed by atoms with Crippen molar-refractivity contribution in [2.75, 3.05) is 13.7 Å². The van der Waals surface area contributed by atoms with Gasteiger partial charge in [-0.2, -0.15) is 0 Å². The number of nitrogens with zero attached hydrogens (tertiary/aromatic N) is 3. The smallest absolute Gasteiger partial charge is 0.313 e. The van der Waals surface area contributed by atoms with Crippen LogP contribution in [0, 0.1) is 0 Å². The fourth-order valence-corrected chi connectivity index (χ4v) is 2.86. The Kier molecular flexibility index (Phi) is 2.28. The molecule has 4 rings (SSSR count). The lowest BCUT2D eigenvalue weighted by atomic mass is 10.1. The zero-order chi connectivity index (χ0) is 13.7. The van der Waals surface area contributed by atoms with Crippen LogP contribution in [0.1, 0.15) is 5.56 Å². The second kappa shape index (κ2) is 4.01. The highest BCUT2D eigenvalue weighted by atomic mass is 16.6. The number of nitrogens with one attached hydrogen (secondary N) is 1. The van der Waals surface area contributed by atoms with Crippen LogP contribution in [0.5, 0.6) is 0 Å². The van der Waals surface area contributed by atoms with E-state index in [0.717, 1.165) is 22.2 Å². The minimum absolute atomic E-state index is 0.269. The molecule has 1 aliphatic heterocycles. The zero-order valence-corrected chi connectivity index (χ0v) is 10.9. The molecule has 0 radical (unpaired) electrons. The normalized spacial score (nSPS) is 14.6. The summed E-state index contributed by atoms with van der Waals surface area (Å²) in [7, 11) is 1.57. The summed E-state index contributed by atoms with van der Waals surface area (Å²) >= 11 is 0. The van der Waals surface area contributed by atoms with Crippen LogP contribution in [0.15, 0.2) is 34.1 Å². The second-order valence-electron chi connectivity index (χ2n) is 4.70. The minimum atomic E-state index is -0.269. The van der Waals surface area contributed by atoms with Crippen molar-refractivity contribution in [3.05, 3.63) is 51.0 Å². The molecule has 100 valence electrons. The van der Waals surface area contributed by atoms with Gasteiger partial charge in [0.1, 0.15) is 5.69 Å². The van der Waals surface area contributed by atoms with E-state index in [4.69, 9.17) is 4.84 Å². The molecule has 0 amide bonds. The topological polar surface area (TPSA) is 68.5 Å². The minimum Gasteiger partial charge on any atom is -0.316 e. The van der Waals surface area contributed by atoms with Gasteiger partial charge >= 0.3 is 5.56 Å². The summed E-state index contributed by atoms with van der Waals surface area (Å²) in [5.74, 6) is 0. The Labute approximate surface area is 114 Å². The van der Waals surface area contributed by atoms with E-state index in [9.17, 15) is 4.79 Å². The third-order valence-corrected chi connectivity index (χ3v) is 3.63. The molecule has 6 heteroatoms. The molecule has 2 aromatic rings. The molecule has 1 aromatic carbocycles. The number of hydroxylamine groups is 1.